The maximum absolute atomic E-state index is 13.0. The number of carbonyl (C=O) groups is 1. The van der Waals surface area contributed by atoms with Gasteiger partial charge < -0.3 is 25.0 Å². The van der Waals surface area contributed by atoms with Gasteiger partial charge in [-0.1, -0.05) is 18.2 Å². The number of nitrogens with one attached hydrogen (secondary N) is 1. The van der Waals surface area contributed by atoms with Gasteiger partial charge in [-0.05, 0) is 37.6 Å². The van der Waals surface area contributed by atoms with E-state index >= 15 is 0 Å². The number of likely N-dealkylation sites (tertiary alicyclic amines) is 1. The summed E-state index contributed by atoms with van der Waals surface area (Å²) < 4.78 is 5.52. The quantitative estimate of drug-likeness (QED) is 0.756. The normalized spacial score (nSPS) is 27.5. The van der Waals surface area contributed by atoms with Crippen molar-refractivity contribution in [1.29, 1.82) is 0 Å². The number of nitrogens with zero attached hydrogens (tertiary/aromatic N) is 2. The highest BCUT2D eigenvalue weighted by molar-refractivity contribution is 6.07. The largest absolute Gasteiger partial charge is 0.385 e. The summed E-state index contributed by atoms with van der Waals surface area (Å²) in [5.74, 6) is 0.214. The SMILES string of the molecule is CN1C(=O)C2(CCN(CC3(O)CNCCOC3)CC2)c2ccccc21.Cl.Cl. The Morgan fingerprint density at radius 1 is 1.22 bits per heavy atom. The lowest BCUT2D eigenvalue weighted by atomic mass is 9.73. The molecule has 1 amide bonds. The van der Waals surface area contributed by atoms with Crippen LogP contribution in [0.1, 0.15) is 18.4 Å². The Kier molecular flexibility index (Phi) is 7.17. The summed E-state index contributed by atoms with van der Waals surface area (Å²) in [5.41, 5.74) is 0.971. The molecule has 152 valence electrons. The van der Waals surface area contributed by atoms with Crippen LogP contribution >= 0.6 is 24.8 Å². The third kappa shape index (κ3) is 3.97. The molecule has 2 fully saturated rings. The number of carbonyl (C=O) groups excluding carboxylic acids is 1. The first kappa shape index (κ1) is 22.4. The number of rotatable bonds is 2. The number of hydrogen-bond donors (Lipinski definition) is 2. The summed E-state index contributed by atoms with van der Waals surface area (Å²) in [6.07, 6.45) is 1.61. The van der Waals surface area contributed by atoms with Crippen molar-refractivity contribution in [3.63, 3.8) is 0 Å². The van der Waals surface area contributed by atoms with Gasteiger partial charge in [0.15, 0.2) is 0 Å². The van der Waals surface area contributed by atoms with Crippen molar-refractivity contribution in [3.05, 3.63) is 29.8 Å². The van der Waals surface area contributed by atoms with E-state index < -0.39 is 5.60 Å². The maximum Gasteiger partial charge on any atom is 0.237 e. The smallest absolute Gasteiger partial charge is 0.237 e. The zero-order valence-corrected chi connectivity index (χ0v) is 17.3. The first-order valence-electron chi connectivity index (χ1n) is 9.15. The number of ether oxygens (including phenoxy) is 1. The van der Waals surface area contributed by atoms with E-state index in [2.05, 4.69) is 16.3 Å². The van der Waals surface area contributed by atoms with Crippen LogP contribution in [0, 0.1) is 0 Å². The zero-order chi connectivity index (χ0) is 17.5. The van der Waals surface area contributed by atoms with E-state index in [9.17, 15) is 9.90 Å². The van der Waals surface area contributed by atoms with Crippen LogP contribution in [-0.4, -0.2) is 74.5 Å². The highest BCUT2D eigenvalue weighted by Crippen LogP contribution is 2.47. The lowest BCUT2D eigenvalue weighted by Gasteiger charge is -2.41. The predicted octanol–water partition coefficient (Wildman–Crippen LogP) is 1.19. The van der Waals surface area contributed by atoms with E-state index in [4.69, 9.17) is 4.74 Å². The Hall–Kier alpha value is -0.890. The molecule has 4 rings (SSSR count). The van der Waals surface area contributed by atoms with Crippen molar-refractivity contribution in [1.82, 2.24) is 10.2 Å². The van der Waals surface area contributed by atoms with Crippen LogP contribution in [0.4, 0.5) is 5.69 Å². The molecule has 0 bridgehead atoms. The van der Waals surface area contributed by atoms with E-state index in [0.29, 0.717) is 26.3 Å². The number of benzene rings is 1. The molecule has 2 saturated heterocycles. The van der Waals surface area contributed by atoms with Gasteiger partial charge in [0.2, 0.25) is 5.91 Å². The van der Waals surface area contributed by atoms with Crippen molar-refractivity contribution < 1.29 is 14.6 Å². The van der Waals surface area contributed by atoms with E-state index in [-0.39, 0.29) is 36.1 Å². The van der Waals surface area contributed by atoms with Gasteiger partial charge in [-0.25, -0.2) is 0 Å². The number of likely N-dealkylation sites (N-methyl/N-ethyl adjacent to an activating group) is 1. The number of para-hydroxylation sites is 1. The summed E-state index contributed by atoms with van der Waals surface area (Å²) in [6, 6.07) is 8.15. The molecule has 8 heteroatoms. The zero-order valence-electron chi connectivity index (χ0n) is 15.6. The Morgan fingerprint density at radius 2 is 1.93 bits per heavy atom. The van der Waals surface area contributed by atoms with Crippen LogP contribution in [0.15, 0.2) is 24.3 Å². The minimum absolute atomic E-state index is 0. The third-order valence-electron chi connectivity index (χ3n) is 5.97. The van der Waals surface area contributed by atoms with Gasteiger partial charge in [0, 0.05) is 32.4 Å². The van der Waals surface area contributed by atoms with Crippen molar-refractivity contribution in [2.75, 3.05) is 57.9 Å². The highest BCUT2D eigenvalue weighted by Gasteiger charge is 2.51. The molecule has 27 heavy (non-hydrogen) atoms. The molecule has 0 aromatic heterocycles. The van der Waals surface area contributed by atoms with Crippen LogP contribution in [0.2, 0.25) is 0 Å². The number of halogens is 2. The molecule has 6 nitrogen and oxygen atoms in total. The van der Waals surface area contributed by atoms with Gasteiger partial charge in [-0.15, -0.1) is 24.8 Å². The second kappa shape index (κ2) is 8.64. The molecule has 1 unspecified atom stereocenters. The Morgan fingerprint density at radius 3 is 2.67 bits per heavy atom. The van der Waals surface area contributed by atoms with E-state index in [0.717, 1.165) is 38.2 Å². The average molecular weight is 418 g/mol. The fraction of sp³-hybridized carbons (Fsp3) is 0.632. The van der Waals surface area contributed by atoms with Crippen LogP contribution < -0.4 is 10.2 Å². The lowest BCUT2D eigenvalue weighted by Crippen LogP contribution is -2.55. The summed E-state index contributed by atoms with van der Waals surface area (Å²) >= 11 is 0. The predicted molar refractivity (Wildman–Crippen MR) is 110 cm³/mol. The number of fused-ring (bicyclic) bond motifs is 2. The monoisotopic (exact) mass is 417 g/mol. The maximum atomic E-state index is 13.0. The second-order valence-electron chi connectivity index (χ2n) is 7.69. The van der Waals surface area contributed by atoms with E-state index in [1.165, 1.54) is 5.56 Å². The van der Waals surface area contributed by atoms with Crippen LogP contribution in [0.3, 0.4) is 0 Å². The molecule has 0 aliphatic carbocycles. The molecular formula is C19H29Cl2N3O3. The molecule has 1 atom stereocenters. The molecule has 3 heterocycles. The molecule has 0 radical (unpaired) electrons. The molecular weight excluding hydrogens is 389 g/mol. The highest BCUT2D eigenvalue weighted by atomic mass is 35.5. The average Bonchev–Trinajstić information content (AvgIpc) is 2.77. The van der Waals surface area contributed by atoms with Crippen molar-refractivity contribution >= 4 is 36.4 Å². The van der Waals surface area contributed by atoms with Gasteiger partial charge in [-0.2, -0.15) is 0 Å². The standard InChI is InChI=1S/C19H27N3O3.2ClH/c1-21-16-5-3-2-4-15(16)19(17(21)23)6-9-22(10-7-19)13-18(24)12-20-8-11-25-14-18;;/h2-5,20,24H,6-14H2,1H3;2*1H. The number of aliphatic hydroxyl groups is 1. The Labute approximate surface area is 173 Å². The number of piperidine rings is 1. The van der Waals surface area contributed by atoms with Gasteiger partial charge >= 0.3 is 0 Å². The fourth-order valence-electron chi connectivity index (χ4n) is 4.59. The molecule has 3 aliphatic heterocycles. The number of amides is 1. The van der Waals surface area contributed by atoms with Gasteiger partial charge in [0.25, 0.3) is 0 Å². The topological polar surface area (TPSA) is 65.0 Å². The third-order valence-corrected chi connectivity index (χ3v) is 5.97. The lowest BCUT2D eigenvalue weighted by molar-refractivity contribution is -0.125. The fourth-order valence-corrected chi connectivity index (χ4v) is 4.59. The van der Waals surface area contributed by atoms with Crippen LogP contribution in [-0.2, 0) is 14.9 Å². The first-order valence-corrected chi connectivity index (χ1v) is 9.15. The van der Waals surface area contributed by atoms with Gasteiger partial charge in [-0.3, -0.25) is 4.79 Å². The van der Waals surface area contributed by atoms with Gasteiger partial charge in [0.1, 0.15) is 5.60 Å². The number of hydrogen-bond acceptors (Lipinski definition) is 5. The van der Waals surface area contributed by atoms with Crippen LogP contribution in [0.5, 0.6) is 0 Å². The molecule has 1 aromatic rings. The second-order valence-corrected chi connectivity index (χ2v) is 7.69. The molecule has 1 aromatic carbocycles. The summed E-state index contributed by atoms with van der Waals surface area (Å²) in [7, 11) is 1.87. The molecule has 3 aliphatic rings. The Balaban J connectivity index is 0.00000131. The summed E-state index contributed by atoms with van der Waals surface area (Å²) in [6.45, 7) is 4.56. The number of anilines is 1. The van der Waals surface area contributed by atoms with E-state index in [1.807, 2.05) is 30.1 Å². The Bertz CT molecular complexity index is 657. The minimum Gasteiger partial charge on any atom is -0.385 e. The summed E-state index contributed by atoms with van der Waals surface area (Å²) in [4.78, 5) is 17.1. The van der Waals surface area contributed by atoms with E-state index in [1.54, 1.807) is 0 Å². The molecule has 0 saturated carbocycles. The van der Waals surface area contributed by atoms with Gasteiger partial charge in [0.05, 0.1) is 18.6 Å². The van der Waals surface area contributed by atoms with Crippen molar-refractivity contribution in [3.8, 4) is 0 Å². The summed E-state index contributed by atoms with van der Waals surface area (Å²) in [5, 5.41) is 14.0. The first-order chi connectivity index (χ1) is 12.0. The van der Waals surface area contributed by atoms with Crippen molar-refractivity contribution in [2.24, 2.45) is 0 Å². The molecule has 1 spiro atoms. The van der Waals surface area contributed by atoms with Crippen molar-refractivity contribution in [2.45, 2.75) is 23.9 Å². The van der Waals surface area contributed by atoms with Crippen LogP contribution in [0.25, 0.3) is 0 Å². The minimum atomic E-state index is -0.852. The molecule has 2 N–H and O–H groups in total. The number of β-amino-alcohol motifs (C(OH)–C–C–N with tert-alkyl or cyclic N) is 1.